The van der Waals surface area contributed by atoms with E-state index in [1.165, 1.54) is 18.3 Å². The van der Waals surface area contributed by atoms with Gasteiger partial charge in [-0.2, -0.15) is 13.2 Å². The van der Waals surface area contributed by atoms with Crippen molar-refractivity contribution in [3.63, 3.8) is 0 Å². The van der Waals surface area contributed by atoms with Gasteiger partial charge in [0.25, 0.3) is 0 Å². The first-order valence-corrected chi connectivity index (χ1v) is 7.74. The summed E-state index contributed by atoms with van der Waals surface area (Å²) in [5.41, 5.74) is 5.22. The Bertz CT molecular complexity index is 753. The van der Waals surface area contributed by atoms with Crippen molar-refractivity contribution in [3.05, 3.63) is 53.7 Å². The number of aliphatic hydroxyl groups excluding tert-OH is 1. The quantitative estimate of drug-likeness (QED) is 0.695. The number of aromatic nitrogens is 1. The predicted molar refractivity (Wildman–Crippen MR) is 87.3 cm³/mol. The van der Waals surface area contributed by atoms with Crippen LogP contribution in [0.25, 0.3) is 0 Å². The van der Waals surface area contributed by atoms with Crippen LogP contribution in [0.5, 0.6) is 11.6 Å². The molecule has 0 bridgehead atoms. The van der Waals surface area contributed by atoms with Crippen molar-refractivity contribution in [2.75, 3.05) is 6.61 Å². The number of alkyl halides is 3. The van der Waals surface area contributed by atoms with Crippen LogP contribution in [0.1, 0.15) is 17.5 Å². The van der Waals surface area contributed by atoms with E-state index in [1.807, 2.05) is 0 Å². The minimum Gasteiger partial charge on any atom is -0.439 e. The molecule has 0 fully saturated rings. The van der Waals surface area contributed by atoms with Crippen LogP contribution in [0.15, 0.2) is 42.6 Å². The average molecular weight is 369 g/mol. The molecule has 1 heterocycles. The van der Waals surface area contributed by atoms with Gasteiger partial charge in [-0.1, -0.05) is 12.1 Å². The first kappa shape index (κ1) is 19.7. The number of hydrogen-bond acceptors (Lipinski definition) is 5. The molecule has 140 valence electrons. The van der Waals surface area contributed by atoms with Gasteiger partial charge in [0.05, 0.1) is 11.6 Å². The zero-order valence-electron chi connectivity index (χ0n) is 13.7. The molecule has 1 atom stereocenters. The van der Waals surface area contributed by atoms with Gasteiger partial charge in [-0.25, -0.2) is 4.98 Å². The molecule has 0 aliphatic rings. The van der Waals surface area contributed by atoms with Crippen molar-refractivity contribution in [2.45, 2.75) is 25.2 Å². The second kappa shape index (κ2) is 8.63. The number of halogens is 3. The van der Waals surface area contributed by atoms with Crippen molar-refractivity contribution in [1.29, 1.82) is 0 Å². The molecule has 9 heteroatoms. The maximum atomic E-state index is 12.8. The highest BCUT2D eigenvalue weighted by Gasteiger charge is 2.30. The number of amides is 1. The van der Waals surface area contributed by atoms with Crippen molar-refractivity contribution >= 4 is 5.91 Å². The van der Waals surface area contributed by atoms with Gasteiger partial charge in [0, 0.05) is 24.9 Å². The van der Waals surface area contributed by atoms with Crippen LogP contribution in [0.3, 0.4) is 0 Å². The molecular formula is C17H18F3N3O3. The van der Waals surface area contributed by atoms with Crippen molar-refractivity contribution in [1.82, 2.24) is 10.3 Å². The lowest BCUT2D eigenvalue weighted by atomic mass is 10.2. The largest absolute Gasteiger partial charge is 0.439 e. The van der Waals surface area contributed by atoms with Crippen LogP contribution < -0.4 is 15.8 Å². The fourth-order valence-electron chi connectivity index (χ4n) is 2.08. The summed E-state index contributed by atoms with van der Waals surface area (Å²) in [5, 5.41) is 11.4. The van der Waals surface area contributed by atoms with Gasteiger partial charge in [-0.15, -0.1) is 0 Å². The molecule has 0 radical (unpaired) electrons. The van der Waals surface area contributed by atoms with Crippen molar-refractivity contribution in [2.24, 2.45) is 5.73 Å². The number of hydrogen-bond donors (Lipinski definition) is 3. The number of rotatable bonds is 7. The second-order valence-electron chi connectivity index (χ2n) is 5.43. The maximum Gasteiger partial charge on any atom is 0.416 e. The molecule has 1 unspecified atom stereocenters. The number of carbonyl (C=O) groups excluding carboxylic acids is 1. The lowest BCUT2D eigenvalue weighted by Crippen LogP contribution is -2.40. The first-order valence-electron chi connectivity index (χ1n) is 7.74. The van der Waals surface area contributed by atoms with E-state index in [9.17, 15) is 18.0 Å². The minimum absolute atomic E-state index is 0.0249. The number of benzene rings is 1. The fourth-order valence-corrected chi connectivity index (χ4v) is 2.08. The summed E-state index contributed by atoms with van der Waals surface area (Å²) >= 11 is 0. The van der Waals surface area contributed by atoms with E-state index in [4.69, 9.17) is 15.6 Å². The van der Waals surface area contributed by atoms with E-state index < -0.39 is 23.7 Å². The third-order valence-corrected chi connectivity index (χ3v) is 3.46. The van der Waals surface area contributed by atoms with E-state index in [-0.39, 0.29) is 31.2 Å². The van der Waals surface area contributed by atoms with Gasteiger partial charge in [-0.05, 0) is 30.7 Å². The Morgan fingerprint density at radius 2 is 2.08 bits per heavy atom. The van der Waals surface area contributed by atoms with Crippen LogP contribution in [0, 0.1) is 0 Å². The molecule has 0 aliphatic carbocycles. The monoisotopic (exact) mass is 369 g/mol. The zero-order valence-corrected chi connectivity index (χ0v) is 13.7. The third kappa shape index (κ3) is 5.43. The predicted octanol–water partition coefficient (Wildman–Crippen LogP) is 2.22. The lowest BCUT2D eigenvalue weighted by Gasteiger charge is -2.14. The molecule has 0 aliphatic heterocycles. The molecule has 1 amide bonds. The minimum atomic E-state index is -4.48. The number of carbonyl (C=O) groups is 1. The molecular weight excluding hydrogens is 351 g/mol. The Morgan fingerprint density at radius 1 is 1.31 bits per heavy atom. The van der Waals surface area contributed by atoms with Gasteiger partial charge >= 0.3 is 6.18 Å². The standard InChI is InChI=1S/C17H18F3N3O3/c18-17(19,20)12-4-1-5-13(9-12)26-16-11(3-2-7-22-16)10-23-15(25)14(21)6-8-24/h1-5,7,9,14,24H,6,8,10,21H2,(H,23,25). The van der Waals surface area contributed by atoms with Crippen LogP contribution >= 0.6 is 0 Å². The van der Waals surface area contributed by atoms with Gasteiger partial charge in [-0.3, -0.25) is 4.79 Å². The Hall–Kier alpha value is -2.65. The van der Waals surface area contributed by atoms with Crippen LogP contribution in [-0.4, -0.2) is 28.6 Å². The van der Waals surface area contributed by atoms with E-state index in [1.54, 1.807) is 12.1 Å². The number of pyridine rings is 1. The summed E-state index contributed by atoms with van der Waals surface area (Å²) < 4.78 is 43.8. The number of aliphatic hydroxyl groups is 1. The normalized spacial score (nSPS) is 12.5. The number of nitrogens with one attached hydrogen (secondary N) is 1. The summed E-state index contributed by atoms with van der Waals surface area (Å²) in [4.78, 5) is 15.8. The number of ether oxygens (including phenoxy) is 1. The summed E-state index contributed by atoms with van der Waals surface area (Å²) in [7, 11) is 0. The SMILES string of the molecule is NC(CCO)C(=O)NCc1cccnc1Oc1cccc(C(F)(F)F)c1. The van der Waals surface area contributed by atoms with Crippen molar-refractivity contribution in [3.8, 4) is 11.6 Å². The topological polar surface area (TPSA) is 97.5 Å². The van der Waals surface area contributed by atoms with Gasteiger partial charge in [0.1, 0.15) is 5.75 Å². The van der Waals surface area contributed by atoms with Crippen LogP contribution in [0.4, 0.5) is 13.2 Å². The van der Waals surface area contributed by atoms with Crippen LogP contribution in [-0.2, 0) is 17.5 Å². The fraction of sp³-hybridized carbons (Fsp3) is 0.294. The highest BCUT2D eigenvalue weighted by atomic mass is 19.4. The Balaban J connectivity index is 2.11. The molecule has 2 rings (SSSR count). The first-order chi connectivity index (χ1) is 12.3. The maximum absolute atomic E-state index is 12.8. The summed E-state index contributed by atoms with van der Waals surface area (Å²) in [5.74, 6) is -0.418. The van der Waals surface area contributed by atoms with Crippen LogP contribution in [0.2, 0.25) is 0 Å². The third-order valence-electron chi connectivity index (χ3n) is 3.46. The van der Waals surface area contributed by atoms with Crippen molar-refractivity contribution < 1.29 is 27.8 Å². The second-order valence-corrected chi connectivity index (χ2v) is 5.43. The van der Waals surface area contributed by atoms with Gasteiger partial charge in [0.15, 0.2) is 0 Å². The van der Waals surface area contributed by atoms with Gasteiger partial charge in [0.2, 0.25) is 11.8 Å². The molecule has 26 heavy (non-hydrogen) atoms. The van der Waals surface area contributed by atoms with E-state index in [0.717, 1.165) is 12.1 Å². The summed E-state index contributed by atoms with van der Waals surface area (Å²) in [6, 6.07) is 6.79. The highest BCUT2D eigenvalue weighted by Crippen LogP contribution is 2.32. The van der Waals surface area contributed by atoms with E-state index >= 15 is 0 Å². The molecule has 1 aromatic heterocycles. The Kier molecular flexibility index (Phi) is 6.53. The molecule has 2 aromatic rings. The molecule has 0 saturated carbocycles. The van der Waals surface area contributed by atoms with Gasteiger partial charge < -0.3 is 20.9 Å². The highest BCUT2D eigenvalue weighted by molar-refractivity contribution is 5.81. The Labute approximate surface area is 147 Å². The average Bonchev–Trinajstić information content (AvgIpc) is 2.60. The van der Waals surface area contributed by atoms with E-state index in [2.05, 4.69) is 10.3 Å². The molecule has 6 nitrogen and oxygen atoms in total. The smallest absolute Gasteiger partial charge is 0.416 e. The number of nitrogens with zero attached hydrogens (tertiary/aromatic N) is 1. The van der Waals surface area contributed by atoms with E-state index in [0.29, 0.717) is 5.56 Å². The molecule has 0 saturated heterocycles. The molecule has 1 aromatic carbocycles. The lowest BCUT2D eigenvalue weighted by molar-refractivity contribution is -0.137. The molecule has 0 spiro atoms. The Morgan fingerprint density at radius 3 is 2.77 bits per heavy atom. The number of nitrogens with two attached hydrogens (primary N) is 1. The summed E-state index contributed by atoms with van der Waals surface area (Å²) in [6.07, 6.45) is -2.94. The molecule has 4 N–H and O–H groups in total. The zero-order chi connectivity index (χ0) is 19.2. The summed E-state index contributed by atoms with van der Waals surface area (Å²) in [6.45, 7) is -0.189.